The molecule has 0 aliphatic carbocycles. The molecule has 0 aliphatic rings. The monoisotopic (exact) mass is 202 g/mol. The summed E-state index contributed by atoms with van der Waals surface area (Å²) >= 11 is 0. The Balaban J connectivity index is 3.82. The van der Waals surface area contributed by atoms with E-state index in [-0.39, 0.29) is 18.6 Å². The van der Waals surface area contributed by atoms with Crippen LogP contribution in [0.2, 0.25) is 0 Å². The fourth-order valence-electron chi connectivity index (χ4n) is 1.95. The average molecular weight is 202 g/mol. The molecule has 0 aromatic heterocycles. The summed E-state index contributed by atoms with van der Waals surface area (Å²) in [5.41, 5.74) is -0.206. The Bertz CT molecular complexity index is 119. The molecule has 2 nitrogen and oxygen atoms in total. The molecule has 0 unspecified atom stereocenters. The molecular weight excluding hydrogens is 176 g/mol. The predicted molar refractivity (Wildman–Crippen MR) is 60.3 cm³/mol. The Morgan fingerprint density at radius 3 is 1.86 bits per heavy atom. The van der Waals surface area contributed by atoms with Gasteiger partial charge in [0, 0.05) is 5.41 Å². The van der Waals surface area contributed by atoms with Crippen molar-refractivity contribution in [3.63, 3.8) is 0 Å². The van der Waals surface area contributed by atoms with Gasteiger partial charge in [-0.05, 0) is 12.8 Å². The third-order valence-electron chi connectivity index (χ3n) is 3.01. The molecule has 0 bridgehead atoms. The minimum Gasteiger partial charge on any atom is -0.396 e. The second kappa shape index (κ2) is 8.25. The molecule has 86 valence electrons. The molecule has 0 rings (SSSR count). The summed E-state index contributed by atoms with van der Waals surface area (Å²) in [6, 6.07) is 0. The predicted octanol–water partition coefficient (Wildman–Crippen LogP) is 2.73. The van der Waals surface area contributed by atoms with Crippen LogP contribution in [0.3, 0.4) is 0 Å². The van der Waals surface area contributed by atoms with Crippen LogP contribution in [0.4, 0.5) is 0 Å². The first-order valence-corrected chi connectivity index (χ1v) is 5.96. The Morgan fingerprint density at radius 2 is 1.43 bits per heavy atom. The second-order valence-corrected chi connectivity index (χ2v) is 4.38. The van der Waals surface area contributed by atoms with E-state index in [1.165, 1.54) is 19.3 Å². The molecule has 0 atom stereocenters. The molecule has 0 saturated heterocycles. The third kappa shape index (κ3) is 4.97. The first kappa shape index (κ1) is 13.9. The normalized spacial score (nSPS) is 12.0. The second-order valence-electron chi connectivity index (χ2n) is 4.38. The quantitative estimate of drug-likeness (QED) is 0.564. The average Bonchev–Trinajstić information content (AvgIpc) is 2.23. The molecular formula is C12H26O2. The van der Waals surface area contributed by atoms with Crippen molar-refractivity contribution in [3.8, 4) is 0 Å². The summed E-state index contributed by atoms with van der Waals surface area (Å²) in [7, 11) is 0. The summed E-state index contributed by atoms with van der Waals surface area (Å²) in [5, 5.41) is 18.6. The van der Waals surface area contributed by atoms with Gasteiger partial charge in [-0.1, -0.05) is 46.0 Å². The van der Waals surface area contributed by atoms with E-state index in [1.54, 1.807) is 0 Å². The molecule has 0 saturated carbocycles. The van der Waals surface area contributed by atoms with Crippen LogP contribution < -0.4 is 0 Å². The van der Waals surface area contributed by atoms with Gasteiger partial charge < -0.3 is 10.2 Å². The third-order valence-corrected chi connectivity index (χ3v) is 3.01. The zero-order valence-corrected chi connectivity index (χ0v) is 9.76. The zero-order chi connectivity index (χ0) is 10.9. The minimum absolute atomic E-state index is 0.128. The van der Waals surface area contributed by atoms with Crippen molar-refractivity contribution in [2.75, 3.05) is 13.2 Å². The Morgan fingerprint density at radius 1 is 0.786 bits per heavy atom. The van der Waals surface area contributed by atoms with Crippen molar-refractivity contribution < 1.29 is 10.2 Å². The number of aliphatic hydroxyl groups excluding tert-OH is 2. The van der Waals surface area contributed by atoms with Crippen LogP contribution >= 0.6 is 0 Å². The molecule has 0 fully saturated rings. The standard InChI is InChI=1S/C12H26O2/c1-3-5-6-7-9-12(10-13,11-14)8-4-2/h13-14H,3-11H2,1-2H3. The lowest BCUT2D eigenvalue weighted by Gasteiger charge is -2.29. The minimum atomic E-state index is -0.206. The summed E-state index contributed by atoms with van der Waals surface area (Å²) in [6.07, 6.45) is 7.80. The van der Waals surface area contributed by atoms with Crippen LogP contribution in [-0.4, -0.2) is 23.4 Å². The van der Waals surface area contributed by atoms with Gasteiger partial charge in [0.05, 0.1) is 13.2 Å². The van der Waals surface area contributed by atoms with Crippen LogP contribution in [0, 0.1) is 5.41 Å². The van der Waals surface area contributed by atoms with E-state index in [4.69, 9.17) is 0 Å². The van der Waals surface area contributed by atoms with Gasteiger partial charge >= 0.3 is 0 Å². The van der Waals surface area contributed by atoms with E-state index >= 15 is 0 Å². The van der Waals surface area contributed by atoms with Gasteiger partial charge in [-0.15, -0.1) is 0 Å². The SMILES string of the molecule is CCCCCCC(CO)(CO)CCC. The lowest BCUT2D eigenvalue weighted by Crippen LogP contribution is -2.29. The molecule has 2 N–H and O–H groups in total. The topological polar surface area (TPSA) is 40.5 Å². The van der Waals surface area contributed by atoms with Crippen molar-refractivity contribution >= 4 is 0 Å². The van der Waals surface area contributed by atoms with E-state index in [0.29, 0.717) is 0 Å². The lowest BCUT2D eigenvalue weighted by atomic mass is 9.80. The Hall–Kier alpha value is -0.0800. The lowest BCUT2D eigenvalue weighted by molar-refractivity contribution is 0.0369. The highest BCUT2D eigenvalue weighted by atomic mass is 16.3. The number of aliphatic hydroxyl groups is 2. The zero-order valence-electron chi connectivity index (χ0n) is 9.76. The fourth-order valence-corrected chi connectivity index (χ4v) is 1.95. The fraction of sp³-hybridized carbons (Fsp3) is 1.00. The van der Waals surface area contributed by atoms with Crippen molar-refractivity contribution in [2.24, 2.45) is 5.41 Å². The van der Waals surface area contributed by atoms with Gasteiger partial charge in [0.1, 0.15) is 0 Å². The summed E-state index contributed by atoms with van der Waals surface area (Å²) in [6.45, 7) is 4.55. The summed E-state index contributed by atoms with van der Waals surface area (Å²) in [4.78, 5) is 0. The van der Waals surface area contributed by atoms with Gasteiger partial charge in [0.25, 0.3) is 0 Å². The largest absolute Gasteiger partial charge is 0.396 e. The van der Waals surface area contributed by atoms with E-state index in [1.807, 2.05) is 0 Å². The Labute approximate surface area is 88.3 Å². The molecule has 0 aromatic carbocycles. The number of unbranched alkanes of at least 4 members (excludes halogenated alkanes) is 3. The van der Waals surface area contributed by atoms with E-state index in [2.05, 4.69) is 13.8 Å². The Kier molecular flexibility index (Phi) is 8.20. The van der Waals surface area contributed by atoms with Crippen molar-refractivity contribution in [2.45, 2.75) is 58.8 Å². The van der Waals surface area contributed by atoms with Crippen LogP contribution in [-0.2, 0) is 0 Å². The molecule has 0 aliphatic heterocycles. The van der Waals surface area contributed by atoms with E-state index < -0.39 is 0 Å². The highest BCUT2D eigenvalue weighted by Gasteiger charge is 2.26. The van der Waals surface area contributed by atoms with Gasteiger partial charge in [-0.2, -0.15) is 0 Å². The first-order chi connectivity index (χ1) is 6.74. The molecule has 2 heteroatoms. The maximum Gasteiger partial charge on any atom is 0.0509 e. The van der Waals surface area contributed by atoms with Crippen LogP contribution in [0.15, 0.2) is 0 Å². The number of hydrogen-bond donors (Lipinski definition) is 2. The smallest absolute Gasteiger partial charge is 0.0509 e. The maximum absolute atomic E-state index is 9.30. The van der Waals surface area contributed by atoms with E-state index in [9.17, 15) is 10.2 Å². The molecule has 0 radical (unpaired) electrons. The van der Waals surface area contributed by atoms with Crippen LogP contribution in [0.25, 0.3) is 0 Å². The van der Waals surface area contributed by atoms with Crippen LogP contribution in [0.1, 0.15) is 58.8 Å². The van der Waals surface area contributed by atoms with Crippen LogP contribution in [0.5, 0.6) is 0 Å². The van der Waals surface area contributed by atoms with Gasteiger partial charge in [0.2, 0.25) is 0 Å². The molecule has 0 aromatic rings. The maximum atomic E-state index is 9.30. The molecule has 0 heterocycles. The number of rotatable bonds is 9. The van der Waals surface area contributed by atoms with Gasteiger partial charge in [0.15, 0.2) is 0 Å². The van der Waals surface area contributed by atoms with Crippen molar-refractivity contribution in [1.82, 2.24) is 0 Å². The summed E-state index contributed by atoms with van der Waals surface area (Å²) < 4.78 is 0. The van der Waals surface area contributed by atoms with Gasteiger partial charge in [-0.25, -0.2) is 0 Å². The van der Waals surface area contributed by atoms with Gasteiger partial charge in [-0.3, -0.25) is 0 Å². The molecule has 14 heavy (non-hydrogen) atoms. The number of hydrogen-bond acceptors (Lipinski definition) is 2. The van der Waals surface area contributed by atoms with E-state index in [0.717, 1.165) is 25.7 Å². The van der Waals surface area contributed by atoms with Crippen molar-refractivity contribution in [1.29, 1.82) is 0 Å². The molecule has 0 spiro atoms. The highest BCUT2D eigenvalue weighted by molar-refractivity contribution is 4.77. The highest BCUT2D eigenvalue weighted by Crippen LogP contribution is 2.29. The summed E-state index contributed by atoms with van der Waals surface area (Å²) in [5.74, 6) is 0. The first-order valence-electron chi connectivity index (χ1n) is 5.96. The molecule has 0 amide bonds. The van der Waals surface area contributed by atoms with Crippen molar-refractivity contribution in [3.05, 3.63) is 0 Å².